The summed E-state index contributed by atoms with van der Waals surface area (Å²) in [4.78, 5) is 8.77. The third kappa shape index (κ3) is 4.60. The number of hydrogen-bond acceptors (Lipinski definition) is 6. The molecule has 1 aromatic heterocycles. The summed E-state index contributed by atoms with van der Waals surface area (Å²) < 4.78 is 10.6. The van der Waals surface area contributed by atoms with Crippen molar-refractivity contribution in [2.24, 2.45) is 0 Å². The van der Waals surface area contributed by atoms with Crippen molar-refractivity contribution in [1.82, 2.24) is 9.97 Å². The van der Waals surface area contributed by atoms with Gasteiger partial charge in [-0.2, -0.15) is 4.98 Å². The lowest BCUT2D eigenvalue weighted by atomic mass is 10.2. The number of hydrogen-bond donors (Lipinski definition) is 2. The fraction of sp³-hybridized carbons (Fsp3) is 0.200. The second-order valence-electron chi connectivity index (χ2n) is 5.85. The van der Waals surface area contributed by atoms with E-state index in [1.807, 2.05) is 49.4 Å². The highest BCUT2D eigenvalue weighted by atomic mass is 35.5. The molecule has 1 heterocycles. The molecule has 3 aromatic rings. The Kier molecular flexibility index (Phi) is 5.98. The van der Waals surface area contributed by atoms with Crippen molar-refractivity contribution >= 4 is 29.1 Å². The summed E-state index contributed by atoms with van der Waals surface area (Å²) in [7, 11) is 3.24. The van der Waals surface area contributed by atoms with Crippen LogP contribution in [0.3, 0.4) is 0 Å². The van der Waals surface area contributed by atoms with Gasteiger partial charge >= 0.3 is 0 Å². The summed E-state index contributed by atoms with van der Waals surface area (Å²) in [5.41, 5.74) is 2.87. The van der Waals surface area contributed by atoms with Gasteiger partial charge in [-0.05, 0) is 48.4 Å². The minimum absolute atomic E-state index is 0.498. The molecule has 3 rings (SSSR count). The van der Waals surface area contributed by atoms with Crippen LogP contribution in [0.4, 0.5) is 17.5 Å². The topological polar surface area (TPSA) is 68.3 Å². The number of aromatic nitrogens is 2. The lowest BCUT2D eigenvalue weighted by Gasteiger charge is -2.12. The van der Waals surface area contributed by atoms with Gasteiger partial charge in [-0.3, -0.25) is 0 Å². The molecule has 0 aliphatic rings. The van der Waals surface area contributed by atoms with Crippen LogP contribution in [-0.2, 0) is 6.54 Å². The fourth-order valence-corrected chi connectivity index (χ4v) is 2.74. The number of nitrogens with zero attached hydrogens (tertiary/aromatic N) is 2. The summed E-state index contributed by atoms with van der Waals surface area (Å²) in [6.07, 6.45) is 1.70. The van der Waals surface area contributed by atoms with Crippen LogP contribution in [-0.4, -0.2) is 24.2 Å². The van der Waals surface area contributed by atoms with Crippen molar-refractivity contribution in [3.05, 3.63) is 64.8 Å². The van der Waals surface area contributed by atoms with Crippen molar-refractivity contribution in [3.8, 4) is 11.5 Å². The Labute approximate surface area is 163 Å². The molecule has 0 unspecified atom stereocenters. The molecule has 0 saturated heterocycles. The molecule has 0 saturated carbocycles. The van der Waals surface area contributed by atoms with Crippen LogP contribution in [0.2, 0.25) is 5.02 Å². The second kappa shape index (κ2) is 8.60. The van der Waals surface area contributed by atoms with Gasteiger partial charge in [-0.25, -0.2) is 4.98 Å². The Bertz CT molecular complexity index is 934. The molecule has 0 spiro atoms. The van der Waals surface area contributed by atoms with Crippen LogP contribution in [0, 0.1) is 6.92 Å². The maximum absolute atomic E-state index is 6.16. The first-order chi connectivity index (χ1) is 13.1. The molecular formula is C20H21ClN4O2. The van der Waals surface area contributed by atoms with Gasteiger partial charge in [0.1, 0.15) is 5.82 Å². The van der Waals surface area contributed by atoms with Gasteiger partial charge in [0.05, 0.1) is 14.2 Å². The van der Waals surface area contributed by atoms with Gasteiger partial charge in [-0.1, -0.05) is 23.7 Å². The largest absolute Gasteiger partial charge is 0.493 e. The molecule has 2 aromatic carbocycles. The van der Waals surface area contributed by atoms with Crippen LogP contribution in [0.25, 0.3) is 0 Å². The van der Waals surface area contributed by atoms with Gasteiger partial charge in [0.2, 0.25) is 5.95 Å². The number of benzene rings is 2. The van der Waals surface area contributed by atoms with Crippen LogP contribution in [0.5, 0.6) is 11.5 Å². The zero-order valence-corrected chi connectivity index (χ0v) is 16.2. The highest BCUT2D eigenvalue weighted by molar-refractivity contribution is 6.31. The van der Waals surface area contributed by atoms with Crippen LogP contribution >= 0.6 is 11.6 Å². The normalized spacial score (nSPS) is 10.4. The van der Waals surface area contributed by atoms with Gasteiger partial charge < -0.3 is 20.1 Å². The number of anilines is 3. The van der Waals surface area contributed by atoms with Crippen molar-refractivity contribution in [3.63, 3.8) is 0 Å². The molecule has 0 radical (unpaired) electrons. The third-order valence-electron chi connectivity index (χ3n) is 4.09. The van der Waals surface area contributed by atoms with E-state index >= 15 is 0 Å². The lowest BCUT2D eigenvalue weighted by molar-refractivity contribution is 0.354. The Morgan fingerprint density at radius 2 is 1.85 bits per heavy atom. The van der Waals surface area contributed by atoms with E-state index in [4.69, 9.17) is 21.1 Å². The zero-order valence-electron chi connectivity index (χ0n) is 15.4. The van der Waals surface area contributed by atoms with E-state index in [1.165, 1.54) is 0 Å². The fourth-order valence-electron chi connectivity index (χ4n) is 2.56. The highest BCUT2D eigenvalue weighted by Crippen LogP contribution is 2.28. The van der Waals surface area contributed by atoms with Crippen molar-refractivity contribution in [2.45, 2.75) is 13.5 Å². The number of rotatable bonds is 7. The van der Waals surface area contributed by atoms with Gasteiger partial charge in [0, 0.05) is 23.5 Å². The molecule has 6 nitrogen and oxygen atoms in total. The first-order valence-electron chi connectivity index (χ1n) is 8.40. The van der Waals surface area contributed by atoms with Crippen molar-refractivity contribution in [2.75, 3.05) is 24.9 Å². The first-order valence-corrected chi connectivity index (χ1v) is 8.78. The summed E-state index contributed by atoms with van der Waals surface area (Å²) in [6.45, 7) is 2.54. The van der Waals surface area contributed by atoms with E-state index in [2.05, 4.69) is 20.6 Å². The summed E-state index contributed by atoms with van der Waals surface area (Å²) in [5.74, 6) is 2.60. The zero-order chi connectivity index (χ0) is 19.2. The SMILES string of the molecule is COc1ccc(CNc2ccnc(Nc3cccc(Cl)c3C)n2)cc1OC. The summed E-state index contributed by atoms with van der Waals surface area (Å²) in [5, 5.41) is 7.19. The smallest absolute Gasteiger partial charge is 0.229 e. The van der Waals surface area contributed by atoms with E-state index in [0.29, 0.717) is 34.8 Å². The Hall–Kier alpha value is -2.99. The second-order valence-corrected chi connectivity index (χ2v) is 6.25. The molecule has 0 fully saturated rings. The molecule has 0 aliphatic carbocycles. The van der Waals surface area contributed by atoms with Crippen molar-refractivity contribution in [1.29, 1.82) is 0 Å². The van der Waals surface area contributed by atoms with Crippen LogP contribution in [0.1, 0.15) is 11.1 Å². The average Bonchev–Trinajstić information content (AvgIpc) is 2.70. The summed E-state index contributed by atoms with van der Waals surface area (Å²) in [6, 6.07) is 13.3. The average molecular weight is 385 g/mol. The van der Waals surface area contributed by atoms with E-state index in [-0.39, 0.29) is 0 Å². The maximum atomic E-state index is 6.16. The molecule has 0 amide bonds. The van der Waals surface area contributed by atoms with E-state index in [0.717, 1.165) is 16.8 Å². The van der Waals surface area contributed by atoms with E-state index < -0.39 is 0 Å². The summed E-state index contributed by atoms with van der Waals surface area (Å²) >= 11 is 6.16. The Morgan fingerprint density at radius 1 is 1.04 bits per heavy atom. The molecule has 140 valence electrons. The highest BCUT2D eigenvalue weighted by Gasteiger charge is 2.07. The van der Waals surface area contributed by atoms with Crippen LogP contribution < -0.4 is 20.1 Å². The molecule has 7 heteroatoms. The van der Waals surface area contributed by atoms with Crippen molar-refractivity contribution < 1.29 is 9.47 Å². The number of methoxy groups -OCH3 is 2. The Morgan fingerprint density at radius 3 is 2.63 bits per heavy atom. The molecule has 0 bridgehead atoms. The van der Waals surface area contributed by atoms with E-state index in [1.54, 1.807) is 20.4 Å². The van der Waals surface area contributed by atoms with E-state index in [9.17, 15) is 0 Å². The van der Waals surface area contributed by atoms with Gasteiger partial charge in [0.15, 0.2) is 11.5 Å². The predicted octanol–water partition coefficient (Wildman–Crippen LogP) is 4.81. The third-order valence-corrected chi connectivity index (χ3v) is 4.50. The predicted molar refractivity (Wildman–Crippen MR) is 108 cm³/mol. The monoisotopic (exact) mass is 384 g/mol. The van der Waals surface area contributed by atoms with Gasteiger partial charge in [0.25, 0.3) is 0 Å². The molecule has 0 atom stereocenters. The Balaban J connectivity index is 1.70. The quantitative estimate of drug-likeness (QED) is 0.609. The number of ether oxygens (including phenoxy) is 2. The molecule has 2 N–H and O–H groups in total. The minimum Gasteiger partial charge on any atom is -0.493 e. The molecule has 0 aliphatic heterocycles. The first kappa shape index (κ1) is 18.8. The number of nitrogens with one attached hydrogen (secondary N) is 2. The molecule has 27 heavy (non-hydrogen) atoms. The lowest BCUT2D eigenvalue weighted by Crippen LogP contribution is -2.05. The minimum atomic E-state index is 0.498. The number of halogens is 1. The van der Waals surface area contributed by atoms with Crippen LogP contribution in [0.15, 0.2) is 48.7 Å². The standard InChI is InChI=1S/C20H21ClN4O2/c1-13-15(21)5-4-6-16(13)24-20-22-10-9-19(25-20)23-12-14-7-8-17(26-2)18(11-14)27-3/h4-11H,12H2,1-3H3,(H2,22,23,24,25). The van der Waals surface area contributed by atoms with Gasteiger partial charge in [-0.15, -0.1) is 0 Å². The molecular weight excluding hydrogens is 364 g/mol. The maximum Gasteiger partial charge on any atom is 0.229 e.